The second-order valence-electron chi connectivity index (χ2n) is 5.01. The first-order valence-electron chi connectivity index (χ1n) is 6.69. The smallest absolute Gasteiger partial charge is 0.232 e. The molecule has 0 radical (unpaired) electrons. The molecule has 1 aliphatic rings. The minimum absolute atomic E-state index is 0.0572. The van der Waals surface area contributed by atoms with Gasteiger partial charge in [0.2, 0.25) is 11.8 Å². The molecule has 2 aromatic carbocycles. The van der Waals surface area contributed by atoms with Gasteiger partial charge in [-0.3, -0.25) is 9.59 Å². The Hall–Kier alpha value is -2.40. The van der Waals surface area contributed by atoms with Crippen molar-refractivity contribution in [2.45, 2.75) is 12.3 Å². The topological polar surface area (TPSA) is 58.2 Å². The van der Waals surface area contributed by atoms with Crippen LogP contribution in [-0.4, -0.2) is 11.8 Å². The maximum absolute atomic E-state index is 13.0. The lowest BCUT2D eigenvalue weighted by molar-refractivity contribution is -0.123. The number of rotatable bonds is 2. The number of halogens is 2. The van der Waals surface area contributed by atoms with E-state index in [4.69, 9.17) is 11.6 Å². The number of carbonyl (C=O) groups is 2. The largest absolute Gasteiger partial charge is 0.326 e. The first-order chi connectivity index (χ1) is 10.5. The molecule has 2 amide bonds. The SMILES string of the molecule is O=C1CC(C(=O)Nc2ccc(F)cc2Cl)c2ccccc2N1. The quantitative estimate of drug-likeness (QED) is 0.889. The van der Waals surface area contributed by atoms with Crippen molar-refractivity contribution in [2.75, 3.05) is 10.6 Å². The highest BCUT2D eigenvalue weighted by Gasteiger charge is 2.30. The molecule has 0 fully saturated rings. The van der Waals surface area contributed by atoms with Crippen LogP contribution in [0.3, 0.4) is 0 Å². The number of carbonyl (C=O) groups excluding carboxylic acids is 2. The molecule has 1 unspecified atom stereocenters. The van der Waals surface area contributed by atoms with Gasteiger partial charge in [0.05, 0.1) is 16.6 Å². The molecule has 2 aromatic rings. The number of benzene rings is 2. The highest BCUT2D eigenvalue weighted by atomic mass is 35.5. The second kappa shape index (κ2) is 5.77. The monoisotopic (exact) mass is 318 g/mol. The summed E-state index contributed by atoms with van der Waals surface area (Å²) in [6.07, 6.45) is 0.0572. The summed E-state index contributed by atoms with van der Waals surface area (Å²) >= 11 is 5.91. The van der Waals surface area contributed by atoms with Gasteiger partial charge in [0, 0.05) is 12.1 Å². The predicted octanol–water partition coefficient (Wildman–Crippen LogP) is 3.54. The predicted molar refractivity (Wildman–Crippen MR) is 82.5 cm³/mol. The minimum Gasteiger partial charge on any atom is -0.326 e. The van der Waals surface area contributed by atoms with Gasteiger partial charge in [0.25, 0.3) is 0 Å². The lowest BCUT2D eigenvalue weighted by Crippen LogP contribution is -2.30. The molecule has 0 saturated carbocycles. The fraction of sp³-hybridized carbons (Fsp3) is 0.125. The highest BCUT2D eigenvalue weighted by Crippen LogP contribution is 2.33. The Morgan fingerprint density at radius 1 is 1.27 bits per heavy atom. The molecule has 1 heterocycles. The molecule has 0 bridgehead atoms. The van der Waals surface area contributed by atoms with Crippen LogP contribution in [0.5, 0.6) is 0 Å². The fourth-order valence-electron chi connectivity index (χ4n) is 2.46. The van der Waals surface area contributed by atoms with Crippen LogP contribution < -0.4 is 10.6 Å². The highest BCUT2D eigenvalue weighted by molar-refractivity contribution is 6.33. The number of nitrogens with one attached hydrogen (secondary N) is 2. The van der Waals surface area contributed by atoms with Crippen molar-refractivity contribution in [1.82, 2.24) is 0 Å². The van der Waals surface area contributed by atoms with E-state index in [0.29, 0.717) is 11.4 Å². The van der Waals surface area contributed by atoms with Crippen LogP contribution in [0.15, 0.2) is 42.5 Å². The third kappa shape index (κ3) is 2.80. The molecule has 0 saturated heterocycles. The number of amides is 2. The molecular weight excluding hydrogens is 307 g/mol. The first kappa shape index (κ1) is 14.5. The van der Waals surface area contributed by atoms with Crippen molar-refractivity contribution in [3.63, 3.8) is 0 Å². The maximum Gasteiger partial charge on any atom is 0.232 e. The van der Waals surface area contributed by atoms with E-state index in [2.05, 4.69) is 10.6 Å². The third-order valence-electron chi connectivity index (χ3n) is 3.51. The maximum atomic E-state index is 13.0. The summed E-state index contributed by atoms with van der Waals surface area (Å²) in [5.74, 6) is -1.66. The number of hydrogen-bond donors (Lipinski definition) is 2. The molecule has 22 heavy (non-hydrogen) atoms. The summed E-state index contributed by atoms with van der Waals surface area (Å²) in [6.45, 7) is 0. The van der Waals surface area contributed by atoms with Crippen LogP contribution >= 0.6 is 11.6 Å². The Bertz CT molecular complexity index is 764. The van der Waals surface area contributed by atoms with Crippen molar-refractivity contribution < 1.29 is 14.0 Å². The number of hydrogen-bond acceptors (Lipinski definition) is 2. The summed E-state index contributed by atoms with van der Waals surface area (Å²) in [5.41, 5.74) is 1.69. The van der Waals surface area contributed by atoms with Gasteiger partial charge in [-0.05, 0) is 29.8 Å². The lowest BCUT2D eigenvalue weighted by Gasteiger charge is -2.24. The molecule has 1 aliphatic heterocycles. The molecular formula is C16H12ClFN2O2. The number of fused-ring (bicyclic) bond motifs is 1. The first-order valence-corrected chi connectivity index (χ1v) is 7.07. The van der Waals surface area contributed by atoms with Gasteiger partial charge in [-0.2, -0.15) is 0 Å². The Balaban J connectivity index is 1.88. The van der Waals surface area contributed by atoms with E-state index in [1.54, 1.807) is 18.2 Å². The van der Waals surface area contributed by atoms with E-state index in [1.807, 2.05) is 6.07 Å². The van der Waals surface area contributed by atoms with Crippen LogP contribution in [0.25, 0.3) is 0 Å². The van der Waals surface area contributed by atoms with Gasteiger partial charge in [0.1, 0.15) is 5.82 Å². The van der Waals surface area contributed by atoms with Crippen LogP contribution in [0.2, 0.25) is 5.02 Å². The van der Waals surface area contributed by atoms with Crippen LogP contribution in [0.4, 0.5) is 15.8 Å². The standard InChI is InChI=1S/C16H12ClFN2O2/c17-12-7-9(18)5-6-14(12)20-16(22)11-8-15(21)19-13-4-2-1-3-10(11)13/h1-7,11H,8H2,(H,19,21)(H,20,22). The van der Waals surface area contributed by atoms with Gasteiger partial charge < -0.3 is 10.6 Å². The normalized spacial score (nSPS) is 16.6. The average molecular weight is 319 g/mol. The molecule has 6 heteroatoms. The Labute approximate surface area is 131 Å². The Kier molecular flexibility index (Phi) is 3.81. The molecule has 2 N–H and O–H groups in total. The number of anilines is 2. The molecule has 3 rings (SSSR count). The molecule has 0 aromatic heterocycles. The van der Waals surface area contributed by atoms with E-state index in [0.717, 1.165) is 11.6 Å². The zero-order chi connectivity index (χ0) is 15.7. The van der Waals surface area contributed by atoms with Crippen molar-refractivity contribution in [3.05, 3.63) is 58.9 Å². The summed E-state index contributed by atoms with van der Waals surface area (Å²) < 4.78 is 13.0. The van der Waals surface area contributed by atoms with Gasteiger partial charge in [-0.15, -0.1) is 0 Å². The van der Waals surface area contributed by atoms with Gasteiger partial charge >= 0.3 is 0 Å². The number of para-hydroxylation sites is 1. The van der Waals surface area contributed by atoms with Crippen molar-refractivity contribution >= 4 is 34.8 Å². The lowest BCUT2D eigenvalue weighted by atomic mass is 9.90. The fourth-order valence-corrected chi connectivity index (χ4v) is 2.67. The van der Waals surface area contributed by atoms with Crippen molar-refractivity contribution in [3.8, 4) is 0 Å². The van der Waals surface area contributed by atoms with Gasteiger partial charge in [0.15, 0.2) is 0 Å². The van der Waals surface area contributed by atoms with E-state index in [-0.39, 0.29) is 23.3 Å². The van der Waals surface area contributed by atoms with Crippen molar-refractivity contribution in [1.29, 1.82) is 0 Å². The zero-order valence-corrected chi connectivity index (χ0v) is 12.2. The summed E-state index contributed by atoms with van der Waals surface area (Å²) in [4.78, 5) is 24.2. The van der Waals surface area contributed by atoms with E-state index in [9.17, 15) is 14.0 Å². The van der Waals surface area contributed by atoms with Gasteiger partial charge in [-0.25, -0.2) is 4.39 Å². The van der Waals surface area contributed by atoms with Gasteiger partial charge in [-0.1, -0.05) is 29.8 Å². The summed E-state index contributed by atoms with van der Waals surface area (Å²) in [5, 5.41) is 5.50. The van der Waals surface area contributed by atoms with Crippen molar-refractivity contribution in [2.24, 2.45) is 0 Å². The zero-order valence-electron chi connectivity index (χ0n) is 11.4. The summed E-state index contributed by atoms with van der Waals surface area (Å²) in [7, 11) is 0. The Morgan fingerprint density at radius 3 is 2.82 bits per heavy atom. The molecule has 0 spiro atoms. The second-order valence-corrected chi connectivity index (χ2v) is 5.41. The van der Waals surface area contributed by atoms with Crippen LogP contribution in [0.1, 0.15) is 17.9 Å². The van der Waals surface area contributed by atoms with E-state index < -0.39 is 11.7 Å². The molecule has 0 aliphatic carbocycles. The third-order valence-corrected chi connectivity index (χ3v) is 3.82. The van der Waals surface area contributed by atoms with Crippen LogP contribution in [0, 0.1) is 5.82 Å². The average Bonchev–Trinajstić information content (AvgIpc) is 2.49. The molecule has 4 nitrogen and oxygen atoms in total. The van der Waals surface area contributed by atoms with E-state index in [1.165, 1.54) is 12.1 Å². The van der Waals surface area contributed by atoms with Crippen LogP contribution in [-0.2, 0) is 9.59 Å². The molecule has 1 atom stereocenters. The molecule has 112 valence electrons. The Morgan fingerprint density at radius 2 is 2.05 bits per heavy atom. The van der Waals surface area contributed by atoms with E-state index >= 15 is 0 Å². The summed E-state index contributed by atoms with van der Waals surface area (Å²) in [6, 6.07) is 10.9. The minimum atomic E-state index is -0.605.